The van der Waals surface area contributed by atoms with Gasteiger partial charge in [0.1, 0.15) is 0 Å². The maximum absolute atomic E-state index is 5.97. The number of halogens is 3. The molecule has 0 aromatic heterocycles. The van der Waals surface area contributed by atoms with E-state index in [2.05, 4.69) is 12.2 Å². The molecule has 0 saturated heterocycles. The van der Waals surface area contributed by atoms with Gasteiger partial charge >= 0.3 is 6.00 Å². The van der Waals surface area contributed by atoms with Gasteiger partial charge in [0.2, 0.25) is 0 Å². The van der Waals surface area contributed by atoms with Crippen LogP contribution >= 0.6 is 33.2 Å². The fourth-order valence-corrected chi connectivity index (χ4v) is 5.72. The Labute approximate surface area is 81.6 Å². The average Bonchev–Trinajstić information content (AvgIpc) is 2.42. The van der Waals surface area contributed by atoms with Crippen molar-refractivity contribution >= 4 is 39.2 Å². The third-order valence-corrected chi connectivity index (χ3v) is 6.73. The summed E-state index contributed by atoms with van der Waals surface area (Å²) in [4.78, 5) is 0. The summed E-state index contributed by atoms with van der Waals surface area (Å²) in [5.41, 5.74) is 0.391. The van der Waals surface area contributed by atoms with Crippen molar-refractivity contribution in [2.75, 3.05) is 0 Å². The second kappa shape index (κ2) is 2.66. The summed E-state index contributed by atoms with van der Waals surface area (Å²) in [6.45, 7) is 0. The lowest BCUT2D eigenvalue weighted by Gasteiger charge is -2.22. The Morgan fingerprint density at radius 2 is 1.82 bits per heavy atom. The highest BCUT2D eigenvalue weighted by Crippen LogP contribution is 2.55. The van der Waals surface area contributed by atoms with E-state index in [9.17, 15) is 0 Å². The zero-order valence-corrected chi connectivity index (χ0v) is 9.20. The highest BCUT2D eigenvalue weighted by atomic mass is 35.8. The Morgan fingerprint density at radius 3 is 2.09 bits per heavy atom. The summed E-state index contributed by atoms with van der Waals surface area (Å²) in [5, 5.41) is 0. The molecule has 0 heterocycles. The molecule has 0 amide bonds. The fourth-order valence-electron chi connectivity index (χ4n) is 2.16. The van der Waals surface area contributed by atoms with E-state index in [-0.39, 0.29) is 0 Å². The minimum atomic E-state index is -2.41. The van der Waals surface area contributed by atoms with Crippen molar-refractivity contribution in [3.63, 3.8) is 0 Å². The van der Waals surface area contributed by atoms with Gasteiger partial charge in [0.15, 0.2) is 0 Å². The van der Waals surface area contributed by atoms with E-state index in [0.29, 0.717) is 17.4 Å². The number of fused-ring (bicyclic) bond motifs is 2. The summed E-state index contributed by atoms with van der Waals surface area (Å²) in [6.07, 6.45) is 6.84. The first-order chi connectivity index (χ1) is 5.07. The van der Waals surface area contributed by atoms with E-state index in [1.54, 1.807) is 0 Å². The van der Waals surface area contributed by atoms with Crippen LogP contribution in [0.25, 0.3) is 0 Å². The zero-order chi connectivity index (χ0) is 8.06. The summed E-state index contributed by atoms with van der Waals surface area (Å²) in [7, 11) is 0. The van der Waals surface area contributed by atoms with Crippen LogP contribution in [0.2, 0.25) is 5.54 Å². The standard InChI is InChI=1S/C7H9Cl3Si/c8-11(9,10)7-4-5-1-2-6(7)3-5/h1-2,5-7H,3-4H2/t5-,6+,7?/m0/s1. The fraction of sp³-hybridized carbons (Fsp3) is 0.714. The van der Waals surface area contributed by atoms with Gasteiger partial charge < -0.3 is 0 Å². The van der Waals surface area contributed by atoms with Crippen LogP contribution in [0, 0.1) is 11.8 Å². The third kappa shape index (κ3) is 1.49. The van der Waals surface area contributed by atoms with Gasteiger partial charge in [-0.2, -0.15) is 0 Å². The molecule has 2 bridgehead atoms. The highest BCUT2D eigenvalue weighted by molar-refractivity contribution is 7.65. The normalized spacial score (nSPS) is 41.9. The van der Waals surface area contributed by atoms with Crippen molar-refractivity contribution < 1.29 is 0 Å². The van der Waals surface area contributed by atoms with E-state index >= 15 is 0 Å². The summed E-state index contributed by atoms with van der Waals surface area (Å²) >= 11 is 17.9. The quantitative estimate of drug-likeness (QED) is 0.365. The minimum Gasteiger partial charge on any atom is -0.126 e. The molecule has 0 aromatic rings. The number of rotatable bonds is 1. The Balaban J connectivity index is 2.15. The van der Waals surface area contributed by atoms with Crippen LogP contribution in [0.1, 0.15) is 12.8 Å². The van der Waals surface area contributed by atoms with Gasteiger partial charge in [-0.25, -0.2) is 0 Å². The van der Waals surface area contributed by atoms with E-state index in [4.69, 9.17) is 33.2 Å². The Kier molecular flexibility index (Phi) is 2.04. The van der Waals surface area contributed by atoms with Crippen LogP contribution in [0.4, 0.5) is 0 Å². The lowest BCUT2D eigenvalue weighted by molar-refractivity contribution is 0.689. The molecule has 0 radical (unpaired) electrons. The summed E-state index contributed by atoms with van der Waals surface area (Å²) < 4.78 is 0. The lowest BCUT2D eigenvalue weighted by Crippen LogP contribution is -2.23. The van der Waals surface area contributed by atoms with Crippen LogP contribution in [0.3, 0.4) is 0 Å². The number of hydrogen-bond donors (Lipinski definition) is 0. The molecule has 0 spiro atoms. The first kappa shape index (κ1) is 8.43. The van der Waals surface area contributed by atoms with Crippen LogP contribution in [0.15, 0.2) is 12.2 Å². The SMILES string of the molecule is Cl[Si](Cl)(Cl)C1C[C@H]2C=C[C@@H]1C2. The molecular weight excluding hydrogens is 219 g/mol. The molecule has 1 unspecified atom stereocenters. The molecule has 11 heavy (non-hydrogen) atoms. The largest absolute Gasteiger partial charge is 0.344 e. The Hall–Kier alpha value is 0.827. The molecule has 0 aliphatic heterocycles. The third-order valence-electron chi connectivity index (χ3n) is 2.70. The number of hydrogen-bond acceptors (Lipinski definition) is 0. The highest BCUT2D eigenvalue weighted by Gasteiger charge is 2.48. The predicted molar refractivity (Wildman–Crippen MR) is 52.4 cm³/mol. The molecule has 2 rings (SSSR count). The lowest BCUT2D eigenvalue weighted by atomic mass is 10.1. The van der Waals surface area contributed by atoms with Gasteiger partial charge in [-0.1, -0.05) is 12.2 Å². The van der Waals surface area contributed by atoms with E-state index in [1.807, 2.05) is 0 Å². The van der Waals surface area contributed by atoms with E-state index < -0.39 is 6.00 Å². The predicted octanol–water partition coefficient (Wildman–Crippen LogP) is 3.61. The van der Waals surface area contributed by atoms with Gasteiger partial charge in [0, 0.05) is 5.54 Å². The molecule has 4 heteroatoms. The maximum atomic E-state index is 5.97. The molecule has 1 saturated carbocycles. The Bertz CT molecular complexity index is 196. The van der Waals surface area contributed by atoms with Crippen LogP contribution in [-0.4, -0.2) is 6.00 Å². The average molecular weight is 228 g/mol. The number of allylic oxidation sites excluding steroid dienone is 2. The first-order valence-electron chi connectivity index (χ1n) is 3.82. The van der Waals surface area contributed by atoms with Crippen molar-refractivity contribution in [3.8, 4) is 0 Å². The maximum Gasteiger partial charge on any atom is 0.344 e. The molecule has 0 nitrogen and oxygen atoms in total. The molecule has 1 fully saturated rings. The van der Waals surface area contributed by atoms with Crippen molar-refractivity contribution in [1.82, 2.24) is 0 Å². The molecule has 2 aliphatic carbocycles. The van der Waals surface area contributed by atoms with E-state index in [1.165, 1.54) is 6.42 Å². The van der Waals surface area contributed by atoms with Crippen LogP contribution < -0.4 is 0 Å². The van der Waals surface area contributed by atoms with Gasteiger partial charge in [0.05, 0.1) is 0 Å². The topological polar surface area (TPSA) is 0 Å². The molecular formula is C7H9Cl3Si. The van der Waals surface area contributed by atoms with Gasteiger partial charge in [-0.05, 0) is 24.7 Å². The van der Waals surface area contributed by atoms with Gasteiger partial charge in [-0.3, -0.25) is 0 Å². The molecule has 2 aliphatic rings. The van der Waals surface area contributed by atoms with Gasteiger partial charge in [-0.15, -0.1) is 33.2 Å². The summed E-state index contributed by atoms with van der Waals surface area (Å²) in [5.74, 6) is 1.30. The van der Waals surface area contributed by atoms with Gasteiger partial charge in [0.25, 0.3) is 0 Å². The first-order valence-corrected chi connectivity index (χ1v) is 8.93. The van der Waals surface area contributed by atoms with Crippen LogP contribution in [0.5, 0.6) is 0 Å². The Morgan fingerprint density at radius 1 is 1.09 bits per heavy atom. The van der Waals surface area contributed by atoms with Crippen molar-refractivity contribution in [3.05, 3.63) is 12.2 Å². The van der Waals surface area contributed by atoms with E-state index in [0.717, 1.165) is 6.42 Å². The molecule has 0 N–H and O–H groups in total. The monoisotopic (exact) mass is 226 g/mol. The summed E-state index contributed by atoms with van der Waals surface area (Å²) in [6, 6.07) is -2.41. The molecule has 3 atom stereocenters. The zero-order valence-electron chi connectivity index (χ0n) is 5.93. The smallest absolute Gasteiger partial charge is 0.126 e. The molecule has 0 aromatic carbocycles. The minimum absolute atomic E-state index is 0.391. The van der Waals surface area contributed by atoms with Crippen molar-refractivity contribution in [1.29, 1.82) is 0 Å². The van der Waals surface area contributed by atoms with Crippen LogP contribution in [-0.2, 0) is 0 Å². The molecule has 62 valence electrons. The second-order valence-electron chi connectivity index (χ2n) is 3.43. The van der Waals surface area contributed by atoms with Crippen molar-refractivity contribution in [2.45, 2.75) is 18.4 Å². The second-order valence-corrected chi connectivity index (χ2v) is 12.4. The van der Waals surface area contributed by atoms with Crippen molar-refractivity contribution in [2.24, 2.45) is 11.8 Å².